The zero-order valence-corrected chi connectivity index (χ0v) is 11.9. The average Bonchev–Trinajstić information content (AvgIpc) is 2.79. The molecule has 110 valence electrons. The molecule has 0 amide bonds. The van der Waals surface area contributed by atoms with Crippen molar-refractivity contribution in [2.45, 2.75) is 75.4 Å². The lowest BCUT2D eigenvalue weighted by Gasteiger charge is -2.48. The van der Waals surface area contributed by atoms with E-state index in [0.29, 0.717) is 13.2 Å². The second-order valence-corrected chi connectivity index (χ2v) is 7.01. The molecular weight excluding hydrogens is 240 g/mol. The van der Waals surface area contributed by atoms with Crippen molar-refractivity contribution in [2.75, 3.05) is 13.2 Å². The molecule has 0 unspecified atom stereocenters. The van der Waals surface area contributed by atoms with Gasteiger partial charge in [0, 0.05) is 0 Å². The third kappa shape index (κ3) is 2.24. The Kier molecular flexibility index (Phi) is 3.89. The smallest absolute Gasteiger partial charge is 0.122 e. The summed E-state index contributed by atoms with van der Waals surface area (Å²) >= 11 is 0. The summed E-state index contributed by atoms with van der Waals surface area (Å²) in [6.07, 6.45) is 11.5. The maximum Gasteiger partial charge on any atom is 0.122 e. The summed E-state index contributed by atoms with van der Waals surface area (Å²) < 4.78 is 5.58. The second-order valence-electron chi connectivity index (χ2n) is 7.01. The fraction of sp³-hybridized carbons (Fsp3) is 1.00. The molecule has 0 aromatic rings. The van der Waals surface area contributed by atoms with Crippen molar-refractivity contribution in [1.82, 2.24) is 0 Å². The topological polar surface area (TPSA) is 49.7 Å². The van der Waals surface area contributed by atoms with Crippen molar-refractivity contribution < 1.29 is 14.9 Å². The van der Waals surface area contributed by atoms with Crippen molar-refractivity contribution in [3.05, 3.63) is 0 Å². The van der Waals surface area contributed by atoms with E-state index in [2.05, 4.69) is 0 Å². The van der Waals surface area contributed by atoms with E-state index >= 15 is 0 Å². The fourth-order valence-electron chi connectivity index (χ4n) is 4.72. The van der Waals surface area contributed by atoms with Crippen molar-refractivity contribution in [1.29, 1.82) is 0 Å². The molecule has 2 atom stereocenters. The Balaban J connectivity index is 1.81. The van der Waals surface area contributed by atoms with Gasteiger partial charge >= 0.3 is 0 Å². The Morgan fingerprint density at radius 2 is 1.00 bits per heavy atom. The minimum Gasteiger partial charge on any atom is -0.384 e. The number of ether oxygens (including phenoxy) is 1. The van der Waals surface area contributed by atoms with E-state index in [1.807, 2.05) is 0 Å². The minimum absolute atomic E-state index is 0.232. The molecule has 0 spiro atoms. The highest BCUT2D eigenvalue weighted by molar-refractivity contribution is 5.11. The number of rotatable bonds is 2. The first-order valence-corrected chi connectivity index (χ1v) is 8.19. The Hall–Kier alpha value is -0.120. The van der Waals surface area contributed by atoms with Gasteiger partial charge in [-0.15, -0.1) is 0 Å². The van der Waals surface area contributed by atoms with Crippen LogP contribution in [-0.2, 0) is 4.74 Å². The van der Waals surface area contributed by atoms with E-state index in [4.69, 9.17) is 4.74 Å². The monoisotopic (exact) mass is 268 g/mol. The summed E-state index contributed by atoms with van der Waals surface area (Å²) in [5, 5.41) is 22.4. The molecule has 0 radical (unpaired) electrons. The van der Waals surface area contributed by atoms with Crippen molar-refractivity contribution in [2.24, 2.45) is 11.8 Å². The first kappa shape index (κ1) is 13.8. The molecule has 3 aliphatic rings. The Labute approximate surface area is 116 Å². The summed E-state index contributed by atoms with van der Waals surface area (Å²) in [7, 11) is 0. The van der Waals surface area contributed by atoms with Gasteiger partial charge in [0.15, 0.2) is 0 Å². The summed E-state index contributed by atoms with van der Waals surface area (Å²) in [4.78, 5) is 0. The maximum atomic E-state index is 11.2. The first-order valence-electron chi connectivity index (χ1n) is 8.19. The quantitative estimate of drug-likeness (QED) is 0.809. The summed E-state index contributed by atoms with van der Waals surface area (Å²) in [5.74, 6) is 0.464. The molecule has 2 N–H and O–H groups in total. The third-order valence-electron chi connectivity index (χ3n) is 5.95. The highest BCUT2D eigenvalue weighted by atomic mass is 16.5. The van der Waals surface area contributed by atoms with Gasteiger partial charge in [-0.2, -0.15) is 0 Å². The van der Waals surface area contributed by atoms with Crippen LogP contribution in [0.4, 0.5) is 0 Å². The summed E-state index contributed by atoms with van der Waals surface area (Å²) in [6, 6.07) is 0. The van der Waals surface area contributed by atoms with Gasteiger partial charge in [-0.05, 0) is 37.5 Å². The van der Waals surface area contributed by atoms with E-state index in [9.17, 15) is 10.2 Å². The van der Waals surface area contributed by atoms with Crippen LogP contribution in [0, 0.1) is 11.8 Å². The predicted octanol–water partition coefficient (Wildman–Crippen LogP) is 2.64. The van der Waals surface area contributed by atoms with Crippen molar-refractivity contribution >= 4 is 0 Å². The molecule has 19 heavy (non-hydrogen) atoms. The van der Waals surface area contributed by atoms with Crippen LogP contribution >= 0.6 is 0 Å². The Morgan fingerprint density at radius 3 is 1.37 bits per heavy atom. The highest BCUT2D eigenvalue weighted by Crippen LogP contribution is 2.49. The van der Waals surface area contributed by atoms with Gasteiger partial charge in [-0.3, -0.25) is 0 Å². The lowest BCUT2D eigenvalue weighted by atomic mass is 9.63. The van der Waals surface area contributed by atoms with Gasteiger partial charge in [0.05, 0.1) is 13.2 Å². The second kappa shape index (κ2) is 5.34. The molecule has 0 aromatic carbocycles. The molecule has 2 aliphatic carbocycles. The molecule has 1 heterocycles. The molecular formula is C16H28O3. The van der Waals surface area contributed by atoms with Crippen molar-refractivity contribution in [3.63, 3.8) is 0 Å². The van der Waals surface area contributed by atoms with Crippen LogP contribution in [0.25, 0.3) is 0 Å². The largest absolute Gasteiger partial charge is 0.384 e. The molecule has 1 saturated heterocycles. The molecule has 3 rings (SSSR count). The lowest BCUT2D eigenvalue weighted by molar-refractivity contribution is -0.186. The number of hydrogen-bond donors (Lipinski definition) is 2. The predicted molar refractivity (Wildman–Crippen MR) is 73.9 cm³/mol. The minimum atomic E-state index is -0.991. The zero-order chi connectivity index (χ0) is 13.3. The number of aliphatic hydroxyl groups is 2. The van der Waals surface area contributed by atoms with E-state index in [1.54, 1.807) is 0 Å². The van der Waals surface area contributed by atoms with E-state index in [-0.39, 0.29) is 11.8 Å². The van der Waals surface area contributed by atoms with Crippen LogP contribution in [0.15, 0.2) is 0 Å². The standard InChI is InChI=1S/C16H28O3/c17-15(13-7-3-1-4-8-13)11-19-12-16(15,18)14-9-5-2-6-10-14/h13-14,17-18H,1-12H2/t15-,16+. The van der Waals surface area contributed by atoms with Gasteiger partial charge in [-0.25, -0.2) is 0 Å². The third-order valence-corrected chi connectivity index (χ3v) is 5.95. The van der Waals surface area contributed by atoms with E-state index in [1.165, 1.54) is 38.5 Å². The van der Waals surface area contributed by atoms with Crippen LogP contribution in [0.1, 0.15) is 64.2 Å². The van der Waals surface area contributed by atoms with Crippen LogP contribution in [-0.4, -0.2) is 34.6 Å². The summed E-state index contributed by atoms with van der Waals surface area (Å²) in [6.45, 7) is 0.676. The normalized spacial score (nSPS) is 42.6. The number of hydrogen-bond acceptors (Lipinski definition) is 3. The van der Waals surface area contributed by atoms with Gasteiger partial charge in [0.1, 0.15) is 11.2 Å². The van der Waals surface area contributed by atoms with Crippen molar-refractivity contribution in [3.8, 4) is 0 Å². The van der Waals surface area contributed by atoms with Gasteiger partial charge in [0.25, 0.3) is 0 Å². The van der Waals surface area contributed by atoms with E-state index in [0.717, 1.165) is 25.7 Å². The zero-order valence-electron chi connectivity index (χ0n) is 11.9. The SMILES string of the molecule is O[C@@]1(C2CCCCC2)COC[C@]1(O)C1CCCCC1. The molecule has 1 aliphatic heterocycles. The van der Waals surface area contributed by atoms with Crippen LogP contribution in [0.3, 0.4) is 0 Å². The Bertz CT molecular complexity index is 277. The first-order chi connectivity index (χ1) is 9.17. The highest BCUT2D eigenvalue weighted by Gasteiger charge is 2.61. The lowest BCUT2D eigenvalue weighted by Crippen LogP contribution is -2.62. The van der Waals surface area contributed by atoms with Gasteiger partial charge in [-0.1, -0.05) is 38.5 Å². The molecule has 0 bridgehead atoms. The molecule has 3 heteroatoms. The molecule has 3 fully saturated rings. The van der Waals surface area contributed by atoms with Crippen LogP contribution in [0.5, 0.6) is 0 Å². The maximum absolute atomic E-state index is 11.2. The summed E-state index contributed by atoms with van der Waals surface area (Å²) in [5.41, 5.74) is -1.98. The molecule has 2 saturated carbocycles. The average molecular weight is 268 g/mol. The van der Waals surface area contributed by atoms with Crippen LogP contribution in [0.2, 0.25) is 0 Å². The van der Waals surface area contributed by atoms with Gasteiger partial charge in [0.2, 0.25) is 0 Å². The van der Waals surface area contributed by atoms with Crippen LogP contribution < -0.4 is 0 Å². The Morgan fingerprint density at radius 1 is 0.632 bits per heavy atom. The molecule has 0 aromatic heterocycles. The van der Waals surface area contributed by atoms with E-state index < -0.39 is 11.2 Å². The van der Waals surface area contributed by atoms with Gasteiger partial charge < -0.3 is 14.9 Å². The fourth-order valence-corrected chi connectivity index (χ4v) is 4.72. The molecule has 3 nitrogen and oxygen atoms in total.